The van der Waals surface area contributed by atoms with E-state index in [1.165, 1.54) is 18.2 Å². The quantitative estimate of drug-likeness (QED) is 0.707. The van der Waals surface area contributed by atoms with Crippen molar-refractivity contribution in [2.45, 2.75) is 13.5 Å². The number of aromatic nitrogens is 1. The van der Waals surface area contributed by atoms with Crippen LogP contribution in [0.5, 0.6) is 0 Å². The first-order valence-electron chi connectivity index (χ1n) is 7.91. The number of carbonyl (C=O) groups excluding carboxylic acids is 1. The standard InChI is InChI=1S/C19H17ClFN3O/c1-2-24(19(25)23-15-7-8-18(21)17(20)9-15)12-14-11-22-10-13-5-3-4-6-16(13)14/h3-11H,2,12H2,1H3,(H,23,25). The van der Waals surface area contributed by atoms with Gasteiger partial charge in [-0.25, -0.2) is 9.18 Å². The second-order valence-electron chi connectivity index (χ2n) is 5.59. The van der Waals surface area contributed by atoms with Gasteiger partial charge in [0.25, 0.3) is 0 Å². The van der Waals surface area contributed by atoms with Crippen molar-refractivity contribution in [3.05, 3.63) is 71.3 Å². The maximum Gasteiger partial charge on any atom is 0.322 e. The second kappa shape index (κ2) is 7.49. The Morgan fingerprint density at radius 3 is 2.80 bits per heavy atom. The van der Waals surface area contributed by atoms with Gasteiger partial charge in [-0.3, -0.25) is 4.98 Å². The van der Waals surface area contributed by atoms with Gasteiger partial charge in [-0.2, -0.15) is 0 Å². The fourth-order valence-corrected chi connectivity index (χ4v) is 2.79. The largest absolute Gasteiger partial charge is 0.322 e. The molecule has 1 N–H and O–H groups in total. The van der Waals surface area contributed by atoms with Gasteiger partial charge in [0.15, 0.2) is 0 Å². The highest BCUT2D eigenvalue weighted by atomic mass is 35.5. The summed E-state index contributed by atoms with van der Waals surface area (Å²) < 4.78 is 13.2. The fourth-order valence-electron chi connectivity index (χ4n) is 2.61. The normalized spacial score (nSPS) is 10.7. The summed E-state index contributed by atoms with van der Waals surface area (Å²) in [4.78, 5) is 18.4. The van der Waals surface area contributed by atoms with E-state index < -0.39 is 5.82 Å². The van der Waals surface area contributed by atoms with Crippen LogP contribution in [0.1, 0.15) is 12.5 Å². The van der Waals surface area contributed by atoms with E-state index in [-0.39, 0.29) is 11.1 Å². The molecule has 0 saturated carbocycles. The molecule has 2 amide bonds. The maximum atomic E-state index is 13.2. The number of benzene rings is 2. The number of hydrogen-bond acceptors (Lipinski definition) is 2. The molecule has 0 aliphatic carbocycles. The van der Waals surface area contributed by atoms with Crippen LogP contribution in [0.3, 0.4) is 0 Å². The average Bonchev–Trinajstić information content (AvgIpc) is 2.62. The first kappa shape index (κ1) is 17.2. The van der Waals surface area contributed by atoms with Crippen molar-refractivity contribution in [2.75, 3.05) is 11.9 Å². The summed E-state index contributed by atoms with van der Waals surface area (Å²) in [6.07, 6.45) is 3.57. The van der Waals surface area contributed by atoms with Crippen molar-refractivity contribution in [1.82, 2.24) is 9.88 Å². The summed E-state index contributed by atoms with van der Waals surface area (Å²) in [6.45, 7) is 2.84. The van der Waals surface area contributed by atoms with Crippen LogP contribution in [-0.2, 0) is 6.54 Å². The molecule has 1 heterocycles. The zero-order valence-electron chi connectivity index (χ0n) is 13.7. The molecule has 0 unspecified atom stereocenters. The second-order valence-corrected chi connectivity index (χ2v) is 6.00. The third-order valence-corrected chi connectivity index (χ3v) is 4.24. The summed E-state index contributed by atoms with van der Waals surface area (Å²) in [5.74, 6) is -0.520. The van der Waals surface area contributed by atoms with E-state index in [0.29, 0.717) is 18.8 Å². The van der Waals surface area contributed by atoms with E-state index >= 15 is 0 Å². The van der Waals surface area contributed by atoms with Crippen molar-refractivity contribution in [1.29, 1.82) is 0 Å². The predicted octanol–water partition coefficient (Wildman–Crippen LogP) is 5.08. The van der Waals surface area contributed by atoms with Crippen molar-refractivity contribution in [3.63, 3.8) is 0 Å². The van der Waals surface area contributed by atoms with Crippen molar-refractivity contribution in [2.24, 2.45) is 0 Å². The molecule has 3 aromatic rings. The molecular weight excluding hydrogens is 341 g/mol. The predicted molar refractivity (Wildman–Crippen MR) is 98.3 cm³/mol. The Bertz CT molecular complexity index is 911. The third-order valence-electron chi connectivity index (χ3n) is 3.95. The van der Waals surface area contributed by atoms with Gasteiger partial charge < -0.3 is 10.2 Å². The lowest BCUT2D eigenvalue weighted by atomic mass is 10.1. The van der Waals surface area contributed by atoms with Gasteiger partial charge >= 0.3 is 6.03 Å². The van der Waals surface area contributed by atoms with Crippen LogP contribution in [-0.4, -0.2) is 22.5 Å². The number of amides is 2. The van der Waals surface area contributed by atoms with Crippen LogP contribution in [0.15, 0.2) is 54.9 Å². The molecule has 25 heavy (non-hydrogen) atoms. The minimum Gasteiger partial charge on any atom is -0.320 e. The highest BCUT2D eigenvalue weighted by molar-refractivity contribution is 6.31. The van der Waals surface area contributed by atoms with E-state index in [4.69, 9.17) is 11.6 Å². The number of rotatable bonds is 4. The van der Waals surface area contributed by atoms with Gasteiger partial charge in [-0.1, -0.05) is 35.9 Å². The van der Waals surface area contributed by atoms with Gasteiger partial charge in [0.2, 0.25) is 0 Å². The Labute approximate surface area is 150 Å². The number of fused-ring (bicyclic) bond motifs is 1. The number of pyridine rings is 1. The van der Waals surface area contributed by atoms with Gasteiger partial charge in [-0.05, 0) is 36.1 Å². The summed E-state index contributed by atoms with van der Waals surface area (Å²) in [7, 11) is 0. The minimum absolute atomic E-state index is 0.0286. The molecule has 0 bridgehead atoms. The summed E-state index contributed by atoms with van der Waals surface area (Å²) in [5.41, 5.74) is 1.41. The molecule has 4 nitrogen and oxygen atoms in total. The van der Waals surface area contributed by atoms with E-state index in [9.17, 15) is 9.18 Å². The Morgan fingerprint density at radius 1 is 1.24 bits per heavy atom. The van der Waals surface area contributed by atoms with Gasteiger partial charge in [0.05, 0.1) is 5.02 Å². The van der Waals surface area contributed by atoms with E-state index in [2.05, 4.69) is 10.3 Å². The third kappa shape index (κ3) is 3.88. The minimum atomic E-state index is -0.520. The van der Waals surface area contributed by atoms with E-state index in [1.807, 2.05) is 31.2 Å². The lowest BCUT2D eigenvalue weighted by Crippen LogP contribution is -2.34. The Morgan fingerprint density at radius 2 is 2.04 bits per heavy atom. The molecule has 0 saturated heterocycles. The molecule has 0 fully saturated rings. The van der Waals surface area contributed by atoms with Crippen molar-refractivity contribution >= 4 is 34.1 Å². The maximum absolute atomic E-state index is 13.2. The van der Waals surface area contributed by atoms with Crippen LogP contribution in [0.2, 0.25) is 5.02 Å². The monoisotopic (exact) mass is 357 g/mol. The zero-order chi connectivity index (χ0) is 17.8. The highest BCUT2D eigenvalue weighted by Crippen LogP contribution is 2.21. The van der Waals surface area contributed by atoms with E-state index in [1.54, 1.807) is 17.3 Å². The number of hydrogen-bond donors (Lipinski definition) is 1. The molecule has 128 valence electrons. The number of anilines is 1. The van der Waals surface area contributed by atoms with Crippen LogP contribution in [0.25, 0.3) is 10.8 Å². The summed E-state index contributed by atoms with van der Waals surface area (Å²) in [6, 6.07) is 11.7. The molecular formula is C19H17ClFN3O. The molecule has 3 rings (SSSR count). The summed E-state index contributed by atoms with van der Waals surface area (Å²) in [5, 5.41) is 4.81. The van der Waals surface area contributed by atoms with E-state index in [0.717, 1.165) is 16.3 Å². The number of urea groups is 1. The number of nitrogens with zero attached hydrogens (tertiary/aromatic N) is 2. The number of carbonyl (C=O) groups is 1. The molecule has 0 aliphatic heterocycles. The zero-order valence-corrected chi connectivity index (χ0v) is 14.4. The Hall–Kier alpha value is -2.66. The van der Waals surface area contributed by atoms with Crippen molar-refractivity contribution < 1.29 is 9.18 Å². The van der Waals surface area contributed by atoms with Gasteiger partial charge in [0.1, 0.15) is 5.82 Å². The molecule has 0 spiro atoms. The molecule has 2 aromatic carbocycles. The lowest BCUT2D eigenvalue weighted by molar-refractivity contribution is 0.212. The van der Waals surface area contributed by atoms with Crippen LogP contribution < -0.4 is 5.32 Å². The molecule has 1 aromatic heterocycles. The SMILES string of the molecule is CCN(Cc1cncc2ccccc12)C(=O)Nc1ccc(F)c(Cl)c1. The fraction of sp³-hybridized carbons (Fsp3) is 0.158. The number of halogens is 2. The topological polar surface area (TPSA) is 45.2 Å². The number of nitrogens with one attached hydrogen (secondary N) is 1. The van der Waals surface area contributed by atoms with Crippen LogP contribution in [0, 0.1) is 5.82 Å². The molecule has 6 heteroatoms. The first-order valence-corrected chi connectivity index (χ1v) is 8.29. The molecule has 0 atom stereocenters. The molecule has 0 radical (unpaired) electrons. The Balaban J connectivity index is 1.79. The Kier molecular flexibility index (Phi) is 5.14. The first-order chi connectivity index (χ1) is 12.1. The van der Waals surface area contributed by atoms with Crippen molar-refractivity contribution in [3.8, 4) is 0 Å². The van der Waals surface area contributed by atoms with Crippen LogP contribution in [0.4, 0.5) is 14.9 Å². The highest BCUT2D eigenvalue weighted by Gasteiger charge is 2.14. The van der Waals surface area contributed by atoms with Gasteiger partial charge in [0, 0.05) is 36.6 Å². The smallest absolute Gasteiger partial charge is 0.320 e. The van der Waals surface area contributed by atoms with Gasteiger partial charge in [-0.15, -0.1) is 0 Å². The lowest BCUT2D eigenvalue weighted by Gasteiger charge is -2.22. The van der Waals surface area contributed by atoms with Crippen LogP contribution >= 0.6 is 11.6 Å². The molecule has 0 aliphatic rings. The average molecular weight is 358 g/mol. The summed E-state index contributed by atoms with van der Waals surface area (Å²) >= 11 is 5.76.